The van der Waals surface area contributed by atoms with Crippen LogP contribution in [0.25, 0.3) is 11.0 Å². The average Bonchev–Trinajstić information content (AvgIpc) is 3.51. The van der Waals surface area contributed by atoms with Crippen LogP contribution in [-0.4, -0.2) is 111 Å². The van der Waals surface area contributed by atoms with Crippen LogP contribution in [-0.2, 0) is 16.3 Å². The van der Waals surface area contributed by atoms with Gasteiger partial charge >= 0.3 is 0 Å². The van der Waals surface area contributed by atoms with Crippen LogP contribution in [0.4, 0.5) is 11.5 Å². The molecular weight excluding hydrogens is 590 g/mol. The molecule has 4 aromatic rings. The van der Waals surface area contributed by atoms with Gasteiger partial charge in [0.1, 0.15) is 17.1 Å². The maximum Gasteiger partial charge on any atom is 0.253 e. The van der Waals surface area contributed by atoms with Crippen molar-refractivity contribution in [3.8, 4) is 5.75 Å². The second-order valence-corrected chi connectivity index (χ2v) is 13.8. The Balaban J connectivity index is 1.52. The predicted octanol–water partition coefficient (Wildman–Crippen LogP) is 4.44. The molecule has 0 bridgehead atoms. The Morgan fingerprint density at radius 2 is 1.78 bits per heavy atom. The molecule has 0 fully saturated rings. The normalized spacial score (nSPS) is 12.6. The van der Waals surface area contributed by atoms with Crippen LogP contribution in [0, 0.1) is 0 Å². The number of nitrogens with zero attached hydrogens (tertiary/aromatic N) is 5. The number of nitrogens with one attached hydrogen (secondary N) is 2. The highest BCUT2D eigenvalue weighted by atomic mass is 32.2. The smallest absolute Gasteiger partial charge is 0.253 e. The van der Waals surface area contributed by atoms with Crippen molar-refractivity contribution < 1.29 is 17.9 Å². The molecule has 1 atom stereocenters. The second-order valence-electron chi connectivity index (χ2n) is 11.6. The number of aromatic amines is 1. The summed E-state index contributed by atoms with van der Waals surface area (Å²) in [6, 6.07) is 14.4. The Morgan fingerprint density at radius 1 is 1.02 bits per heavy atom. The maximum absolute atomic E-state index is 13.3. The molecule has 0 aliphatic carbocycles. The maximum atomic E-state index is 13.3. The summed E-state index contributed by atoms with van der Waals surface area (Å²) in [6.07, 6.45) is 2.98. The molecule has 0 aliphatic rings. The number of likely N-dealkylation sites (N-methyl/N-ethyl adjacent to an activating group) is 2. The Labute approximate surface area is 266 Å². The molecule has 2 heterocycles. The van der Waals surface area contributed by atoms with E-state index in [1.54, 1.807) is 55.5 Å². The number of rotatable bonds is 15. The number of methoxy groups -OCH3 is 1. The zero-order valence-electron chi connectivity index (χ0n) is 27.3. The number of anilines is 2. The van der Waals surface area contributed by atoms with Crippen LogP contribution in [0.3, 0.4) is 0 Å². The minimum atomic E-state index is -3.46. The van der Waals surface area contributed by atoms with Gasteiger partial charge in [-0.15, -0.1) is 0 Å². The number of ether oxygens (including phenoxy) is 1. The standard InChI is InChI=1S/C33H45N7O4S/c1-8-45(42,43)29-12-10-9-11-26(29)36-32-31-27(15-17-34-31)35-30(37-32)22-24-13-14-25(21-28(24)44-7)33(41)40(6)18-16-23(2)39(5)20-19-38(3)4/h9-15,17,21,23,34H,8,16,18-20,22H2,1-7H3,(H,35,36,37). The molecule has 0 radical (unpaired) electrons. The van der Waals surface area contributed by atoms with Crippen molar-refractivity contribution in [2.24, 2.45) is 0 Å². The largest absolute Gasteiger partial charge is 0.496 e. The van der Waals surface area contributed by atoms with Crippen molar-refractivity contribution in [2.45, 2.75) is 37.6 Å². The van der Waals surface area contributed by atoms with Crippen LogP contribution in [0.5, 0.6) is 5.75 Å². The third-order valence-electron chi connectivity index (χ3n) is 8.07. The van der Waals surface area contributed by atoms with Crippen molar-refractivity contribution in [1.29, 1.82) is 0 Å². The van der Waals surface area contributed by atoms with Crippen molar-refractivity contribution in [3.05, 3.63) is 71.7 Å². The van der Waals surface area contributed by atoms with Crippen molar-refractivity contribution >= 4 is 38.3 Å². The third-order valence-corrected chi connectivity index (χ3v) is 9.86. The van der Waals surface area contributed by atoms with E-state index < -0.39 is 9.84 Å². The van der Waals surface area contributed by atoms with E-state index in [0.29, 0.717) is 58.7 Å². The van der Waals surface area contributed by atoms with Gasteiger partial charge in [0.2, 0.25) is 0 Å². The lowest BCUT2D eigenvalue weighted by Gasteiger charge is -2.28. The molecule has 12 heteroatoms. The van der Waals surface area contributed by atoms with Gasteiger partial charge in [-0.3, -0.25) is 4.79 Å². The highest BCUT2D eigenvalue weighted by molar-refractivity contribution is 7.91. The first-order valence-electron chi connectivity index (χ1n) is 15.1. The summed E-state index contributed by atoms with van der Waals surface area (Å²) in [5.41, 5.74) is 3.16. The van der Waals surface area contributed by atoms with Gasteiger partial charge in [-0.1, -0.05) is 25.1 Å². The summed E-state index contributed by atoms with van der Waals surface area (Å²) in [4.78, 5) is 32.4. The molecule has 0 saturated carbocycles. The number of amides is 1. The Morgan fingerprint density at radius 3 is 2.49 bits per heavy atom. The van der Waals surface area contributed by atoms with Crippen molar-refractivity contribution in [1.82, 2.24) is 29.7 Å². The van der Waals surface area contributed by atoms with Gasteiger partial charge in [0.25, 0.3) is 5.91 Å². The number of carbonyl (C=O) groups excluding carboxylic acids is 1. The van der Waals surface area contributed by atoms with Gasteiger partial charge in [-0.05, 0) is 64.8 Å². The summed E-state index contributed by atoms with van der Waals surface area (Å²) < 4.78 is 31.2. The van der Waals surface area contributed by atoms with Crippen molar-refractivity contribution in [2.75, 3.05) is 66.0 Å². The Hall–Kier alpha value is -4.00. The van der Waals surface area contributed by atoms with Crippen LogP contribution >= 0.6 is 0 Å². The number of H-pyrrole nitrogens is 1. The van der Waals surface area contributed by atoms with Crippen LogP contribution < -0.4 is 10.1 Å². The van der Waals surface area contributed by atoms with E-state index in [1.807, 2.05) is 25.2 Å². The van der Waals surface area contributed by atoms with Crippen LogP contribution in [0.15, 0.2) is 59.6 Å². The number of aromatic nitrogens is 3. The quantitative estimate of drug-likeness (QED) is 0.195. The van der Waals surface area contributed by atoms with E-state index in [-0.39, 0.29) is 16.6 Å². The minimum absolute atomic E-state index is 0.0137. The molecule has 11 nitrogen and oxygen atoms in total. The van der Waals surface area contributed by atoms with E-state index >= 15 is 0 Å². The highest BCUT2D eigenvalue weighted by Crippen LogP contribution is 2.30. The Kier molecular flexibility index (Phi) is 11.2. The fraction of sp³-hybridized carbons (Fsp3) is 0.424. The SMILES string of the molecule is CCS(=O)(=O)c1ccccc1Nc1nc(Cc2ccc(C(=O)N(C)CCC(C)N(C)CCN(C)C)cc2OC)nc2cc[nH]c12. The summed E-state index contributed by atoms with van der Waals surface area (Å²) in [7, 11) is 6.20. The first-order chi connectivity index (χ1) is 21.4. The van der Waals surface area contributed by atoms with Gasteiger partial charge in [0, 0.05) is 56.5 Å². The zero-order chi connectivity index (χ0) is 32.7. The number of hydrogen-bond donors (Lipinski definition) is 2. The van der Waals surface area contributed by atoms with E-state index in [4.69, 9.17) is 14.7 Å². The summed E-state index contributed by atoms with van der Waals surface area (Å²) in [5.74, 6) is 1.47. The fourth-order valence-electron chi connectivity index (χ4n) is 4.98. The summed E-state index contributed by atoms with van der Waals surface area (Å²) in [5, 5.41) is 3.22. The monoisotopic (exact) mass is 635 g/mol. The molecule has 242 valence electrons. The number of carbonyl (C=O) groups is 1. The molecule has 45 heavy (non-hydrogen) atoms. The Bertz CT molecular complexity index is 1720. The number of sulfone groups is 1. The molecule has 2 N–H and O–H groups in total. The second kappa shape index (κ2) is 14.9. The van der Waals surface area contributed by atoms with Gasteiger partial charge < -0.3 is 29.7 Å². The first kappa shape index (κ1) is 33.9. The lowest BCUT2D eigenvalue weighted by atomic mass is 10.1. The molecule has 0 spiro atoms. The summed E-state index contributed by atoms with van der Waals surface area (Å²) >= 11 is 0. The molecule has 4 rings (SSSR count). The lowest BCUT2D eigenvalue weighted by molar-refractivity contribution is 0.0780. The fourth-order valence-corrected chi connectivity index (χ4v) is 6.03. The lowest BCUT2D eigenvalue weighted by Crippen LogP contribution is -2.38. The first-order valence-corrected chi connectivity index (χ1v) is 16.8. The van der Waals surface area contributed by atoms with Crippen LogP contribution in [0.1, 0.15) is 42.0 Å². The third kappa shape index (κ3) is 8.38. The van der Waals surface area contributed by atoms with E-state index in [9.17, 15) is 13.2 Å². The number of para-hydroxylation sites is 1. The average molecular weight is 636 g/mol. The van der Waals surface area contributed by atoms with E-state index in [0.717, 1.165) is 25.1 Å². The van der Waals surface area contributed by atoms with Crippen LogP contribution in [0.2, 0.25) is 0 Å². The molecule has 0 aliphatic heterocycles. The highest BCUT2D eigenvalue weighted by Gasteiger charge is 2.20. The molecule has 1 unspecified atom stereocenters. The molecule has 1 amide bonds. The molecule has 2 aromatic heterocycles. The molecule has 0 saturated heterocycles. The molecular formula is C33H45N7O4S. The van der Waals surface area contributed by atoms with Gasteiger partial charge in [-0.2, -0.15) is 0 Å². The van der Waals surface area contributed by atoms with Crippen molar-refractivity contribution in [3.63, 3.8) is 0 Å². The topological polar surface area (TPSA) is 124 Å². The summed E-state index contributed by atoms with van der Waals surface area (Å²) in [6.45, 7) is 6.40. The zero-order valence-corrected chi connectivity index (χ0v) is 28.1. The number of fused-ring (bicyclic) bond motifs is 1. The predicted molar refractivity (Wildman–Crippen MR) is 179 cm³/mol. The van der Waals surface area contributed by atoms with Gasteiger partial charge in [0.05, 0.1) is 29.0 Å². The molecule has 2 aromatic carbocycles. The number of benzene rings is 2. The minimum Gasteiger partial charge on any atom is -0.496 e. The number of hydrogen-bond acceptors (Lipinski definition) is 9. The van der Waals surface area contributed by atoms with E-state index in [1.165, 1.54) is 0 Å². The van der Waals surface area contributed by atoms with Gasteiger partial charge in [-0.25, -0.2) is 18.4 Å². The van der Waals surface area contributed by atoms with Gasteiger partial charge in [0.15, 0.2) is 15.7 Å². The van der Waals surface area contributed by atoms with E-state index in [2.05, 4.69) is 48.2 Å².